The molecule has 1 aliphatic heterocycles. The monoisotopic (exact) mass is 270 g/mol. The molecular formula is C15H30N2O2. The highest BCUT2D eigenvalue weighted by molar-refractivity contribution is 5.86. The van der Waals surface area contributed by atoms with Crippen molar-refractivity contribution in [1.29, 1.82) is 0 Å². The summed E-state index contributed by atoms with van der Waals surface area (Å²) in [6, 6.07) is 0. The Kier molecular flexibility index (Phi) is 5.39. The molecule has 0 saturated carbocycles. The number of likely N-dealkylation sites (tertiary alicyclic amines) is 1. The summed E-state index contributed by atoms with van der Waals surface area (Å²) in [6.45, 7) is 13.2. The predicted molar refractivity (Wildman–Crippen MR) is 77.9 cm³/mol. The van der Waals surface area contributed by atoms with Gasteiger partial charge in [-0.15, -0.1) is 0 Å². The smallest absolute Gasteiger partial charge is 0.255 e. The first-order chi connectivity index (χ1) is 8.64. The van der Waals surface area contributed by atoms with E-state index in [-0.39, 0.29) is 11.3 Å². The molecule has 112 valence electrons. The molecule has 1 heterocycles. The van der Waals surface area contributed by atoms with Crippen molar-refractivity contribution in [2.75, 3.05) is 26.2 Å². The van der Waals surface area contributed by atoms with Crippen LogP contribution in [0.2, 0.25) is 0 Å². The summed E-state index contributed by atoms with van der Waals surface area (Å²) in [4.78, 5) is 14.3. The van der Waals surface area contributed by atoms with Crippen LogP contribution in [-0.2, 0) is 4.79 Å². The van der Waals surface area contributed by atoms with Gasteiger partial charge in [-0.2, -0.15) is 0 Å². The number of nitrogens with zero attached hydrogens (tertiary/aromatic N) is 1. The summed E-state index contributed by atoms with van der Waals surface area (Å²) in [5, 5.41) is 13.8. The van der Waals surface area contributed by atoms with E-state index in [0.717, 1.165) is 19.5 Å². The van der Waals surface area contributed by atoms with E-state index in [9.17, 15) is 9.90 Å². The molecule has 0 aliphatic carbocycles. The average molecular weight is 270 g/mol. The first-order valence-electron chi connectivity index (χ1n) is 7.36. The largest absolute Gasteiger partial charge is 0.379 e. The number of aliphatic hydroxyl groups is 1. The number of amides is 1. The van der Waals surface area contributed by atoms with Crippen LogP contribution in [-0.4, -0.2) is 47.7 Å². The Morgan fingerprint density at radius 3 is 2.58 bits per heavy atom. The molecule has 0 aromatic heterocycles. The van der Waals surface area contributed by atoms with Gasteiger partial charge in [0.15, 0.2) is 5.60 Å². The maximum atomic E-state index is 12.4. The van der Waals surface area contributed by atoms with Gasteiger partial charge < -0.3 is 15.3 Å². The lowest BCUT2D eigenvalue weighted by atomic mass is 9.88. The third kappa shape index (κ3) is 5.11. The van der Waals surface area contributed by atoms with Crippen molar-refractivity contribution in [2.24, 2.45) is 11.3 Å². The molecule has 1 atom stereocenters. The molecule has 4 heteroatoms. The maximum Gasteiger partial charge on any atom is 0.255 e. The van der Waals surface area contributed by atoms with Crippen molar-refractivity contribution in [1.82, 2.24) is 10.2 Å². The summed E-state index contributed by atoms with van der Waals surface area (Å²) in [6.07, 6.45) is 1.44. The Bertz CT molecular complexity index is 310. The summed E-state index contributed by atoms with van der Waals surface area (Å²) in [5.41, 5.74) is -1.14. The summed E-state index contributed by atoms with van der Waals surface area (Å²) < 4.78 is 0. The zero-order valence-electron chi connectivity index (χ0n) is 13.1. The van der Waals surface area contributed by atoms with Gasteiger partial charge in [-0.05, 0) is 30.7 Å². The number of hydrogen-bond donors (Lipinski definition) is 2. The Labute approximate surface area is 117 Å². The second kappa shape index (κ2) is 6.23. The lowest BCUT2D eigenvalue weighted by Gasteiger charge is -2.41. The minimum Gasteiger partial charge on any atom is -0.379 e. The summed E-state index contributed by atoms with van der Waals surface area (Å²) >= 11 is 0. The van der Waals surface area contributed by atoms with Crippen LogP contribution >= 0.6 is 0 Å². The molecule has 0 spiro atoms. The topological polar surface area (TPSA) is 52.6 Å². The van der Waals surface area contributed by atoms with Gasteiger partial charge in [0.2, 0.25) is 0 Å². The highest BCUT2D eigenvalue weighted by atomic mass is 16.3. The van der Waals surface area contributed by atoms with E-state index in [0.29, 0.717) is 25.4 Å². The predicted octanol–water partition coefficient (Wildman–Crippen LogP) is 1.63. The Morgan fingerprint density at radius 1 is 1.42 bits per heavy atom. The van der Waals surface area contributed by atoms with Crippen LogP contribution in [0.5, 0.6) is 0 Å². The second-order valence-corrected chi connectivity index (χ2v) is 7.45. The fourth-order valence-electron chi connectivity index (χ4n) is 2.52. The van der Waals surface area contributed by atoms with Gasteiger partial charge in [-0.1, -0.05) is 34.6 Å². The zero-order chi connectivity index (χ0) is 14.7. The normalized spacial score (nSPS) is 25.2. The highest BCUT2D eigenvalue weighted by Crippen LogP contribution is 2.25. The summed E-state index contributed by atoms with van der Waals surface area (Å²) in [7, 11) is 0. The maximum absolute atomic E-state index is 12.4. The van der Waals surface area contributed by atoms with Crippen molar-refractivity contribution in [3.63, 3.8) is 0 Å². The van der Waals surface area contributed by atoms with E-state index < -0.39 is 5.60 Å². The molecule has 1 rings (SSSR count). The number of rotatable bonds is 5. The highest BCUT2D eigenvalue weighted by Gasteiger charge is 2.42. The quantitative estimate of drug-likeness (QED) is 0.798. The molecule has 1 aliphatic rings. The Balaban J connectivity index is 2.60. The molecule has 1 fully saturated rings. The third-order valence-corrected chi connectivity index (χ3v) is 3.34. The number of hydrogen-bond acceptors (Lipinski definition) is 3. The van der Waals surface area contributed by atoms with Crippen molar-refractivity contribution in [3.05, 3.63) is 0 Å². The summed E-state index contributed by atoms with van der Waals surface area (Å²) in [5.74, 6) is 0.415. The van der Waals surface area contributed by atoms with Gasteiger partial charge in [0, 0.05) is 19.6 Å². The number of nitrogens with one attached hydrogen (secondary N) is 1. The van der Waals surface area contributed by atoms with Crippen molar-refractivity contribution < 1.29 is 9.90 Å². The van der Waals surface area contributed by atoms with Crippen molar-refractivity contribution in [3.8, 4) is 0 Å². The SMILES string of the molecule is CC(C)CNCC1(O)CCCN(CC(C)(C)C)C1=O. The van der Waals surface area contributed by atoms with Crippen LogP contribution in [0.25, 0.3) is 0 Å². The van der Waals surface area contributed by atoms with E-state index in [1.54, 1.807) is 0 Å². The van der Waals surface area contributed by atoms with Gasteiger partial charge >= 0.3 is 0 Å². The Morgan fingerprint density at radius 2 is 2.05 bits per heavy atom. The molecule has 4 nitrogen and oxygen atoms in total. The van der Waals surface area contributed by atoms with E-state index in [2.05, 4.69) is 39.9 Å². The molecule has 1 amide bonds. The minimum atomic E-state index is -1.21. The molecule has 0 aromatic carbocycles. The van der Waals surface area contributed by atoms with E-state index in [1.165, 1.54) is 0 Å². The van der Waals surface area contributed by atoms with E-state index in [1.807, 2.05) is 4.90 Å². The van der Waals surface area contributed by atoms with Crippen LogP contribution in [0, 0.1) is 11.3 Å². The first-order valence-corrected chi connectivity index (χ1v) is 7.36. The van der Waals surface area contributed by atoms with Gasteiger partial charge in [-0.3, -0.25) is 4.79 Å². The first kappa shape index (κ1) is 16.4. The number of carbonyl (C=O) groups is 1. The molecule has 1 unspecified atom stereocenters. The molecule has 0 bridgehead atoms. The van der Waals surface area contributed by atoms with Gasteiger partial charge in [0.1, 0.15) is 0 Å². The lowest BCUT2D eigenvalue weighted by molar-refractivity contribution is -0.158. The average Bonchev–Trinajstić information content (AvgIpc) is 2.23. The van der Waals surface area contributed by atoms with E-state index >= 15 is 0 Å². The van der Waals surface area contributed by atoms with Crippen molar-refractivity contribution >= 4 is 5.91 Å². The minimum absolute atomic E-state index is 0.0687. The zero-order valence-corrected chi connectivity index (χ0v) is 13.1. The molecule has 19 heavy (non-hydrogen) atoms. The van der Waals surface area contributed by atoms with Gasteiger partial charge in [0.05, 0.1) is 0 Å². The molecule has 1 saturated heterocycles. The van der Waals surface area contributed by atoms with E-state index in [4.69, 9.17) is 0 Å². The van der Waals surface area contributed by atoms with Crippen LogP contribution < -0.4 is 5.32 Å². The molecule has 0 radical (unpaired) electrons. The molecule has 0 aromatic rings. The standard InChI is InChI=1S/C15H30N2O2/c1-12(2)9-16-10-15(19)7-6-8-17(13(15)18)11-14(3,4)5/h12,16,19H,6-11H2,1-5H3. The molecule has 2 N–H and O–H groups in total. The van der Waals surface area contributed by atoms with Crippen LogP contribution in [0.4, 0.5) is 0 Å². The number of carbonyl (C=O) groups excluding carboxylic acids is 1. The Hall–Kier alpha value is -0.610. The fraction of sp³-hybridized carbons (Fsp3) is 0.933. The number of piperidine rings is 1. The molecular weight excluding hydrogens is 240 g/mol. The van der Waals surface area contributed by atoms with Crippen LogP contribution in [0.15, 0.2) is 0 Å². The van der Waals surface area contributed by atoms with Crippen molar-refractivity contribution in [2.45, 2.75) is 53.1 Å². The van der Waals surface area contributed by atoms with Crippen LogP contribution in [0.1, 0.15) is 47.5 Å². The van der Waals surface area contributed by atoms with Gasteiger partial charge in [-0.25, -0.2) is 0 Å². The second-order valence-electron chi connectivity index (χ2n) is 7.45. The third-order valence-electron chi connectivity index (χ3n) is 3.34. The lowest BCUT2D eigenvalue weighted by Crippen LogP contribution is -2.59. The van der Waals surface area contributed by atoms with Gasteiger partial charge in [0.25, 0.3) is 5.91 Å². The fourth-order valence-corrected chi connectivity index (χ4v) is 2.52. The van der Waals surface area contributed by atoms with Crippen LogP contribution in [0.3, 0.4) is 0 Å².